The van der Waals surface area contributed by atoms with Crippen LogP contribution in [-0.4, -0.2) is 15.5 Å². The smallest absolute Gasteiger partial charge is 0.241 e. The number of benzene rings is 3. The Morgan fingerprint density at radius 2 is 1.43 bits per heavy atom. The summed E-state index contributed by atoms with van der Waals surface area (Å²) in [6, 6.07) is 22.2. The molecule has 0 fully saturated rings. The highest BCUT2D eigenvalue weighted by atomic mass is 32.2. The number of rotatable bonds is 6. The molecular weight excluding hydrogens is 372 g/mol. The molecule has 1 atom stereocenters. The molecule has 3 aromatic carbocycles. The fraction of sp³-hybridized carbons (Fsp3) is 0.136. The molecule has 0 saturated heterocycles. The summed E-state index contributed by atoms with van der Waals surface area (Å²) >= 11 is 0. The van der Waals surface area contributed by atoms with Gasteiger partial charge >= 0.3 is 0 Å². The predicted molar refractivity (Wildman–Crippen MR) is 107 cm³/mol. The minimum absolute atomic E-state index is 0.199. The van der Waals surface area contributed by atoms with E-state index in [2.05, 4.69) is 10.8 Å². The minimum atomic E-state index is -3.75. The zero-order valence-electron chi connectivity index (χ0n) is 15.6. The van der Waals surface area contributed by atoms with Crippen molar-refractivity contribution < 1.29 is 13.2 Å². The van der Waals surface area contributed by atoms with Crippen molar-refractivity contribution in [2.45, 2.75) is 17.9 Å². The van der Waals surface area contributed by atoms with Gasteiger partial charge in [0.1, 0.15) is 5.75 Å². The van der Waals surface area contributed by atoms with Gasteiger partial charge in [-0.05, 0) is 54.4 Å². The van der Waals surface area contributed by atoms with Crippen molar-refractivity contribution in [2.75, 3.05) is 7.11 Å². The molecule has 0 spiro atoms. The van der Waals surface area contributed by atoms with Crippen molar-refractivity contribution in [3.05, 3.63) is 95.1 Å². The Labute approximate surface area is 165 Å². The number of nitrogens with one attached hydrogen (secondary N) is 1. The molecular formula is C22H20N2O3S. The summed E-state index contributed by atoms with van der Waals surface area (Å²) in [5, 5.41) is 9.02. The van der Waals surface area contributed by atoms with Crippen LogP contribution in [0.4, 0.5) is 0 Å². The first-order chi connectivity index (χ1) is 13.4. The average molecular weight is 392 g/mol. The Morgan fingerprint density at radius 1 is 0.893 bits per heavy atom. The van der Waals surface area contributed by atoms with Crippen LogP contribution in [0.3, 0.4) is 0 Å². The molecule has 3 rings (SSSR count). The van der Waals surface area contributed by atoms with Gasteiger partial charge in [-0.1, -0.05) is 42.0 Å². The van der Waals surface area contributed by atoms with E-state index in [4.69, 9.17) is 10.00 Å². The van der Waals surface area contributed by atoms with Gasteiger partial charge in [-0.3, -0.25) is 0 Å². The highest BCUT2D eigenvalue weighted by Crippen LogP contribution is 2.27. The van der Waals surface area contributed by atoms with E-state index in [1.165, 1.54) is 0 Å². The predicted octanol–water partition coefficient (Wildman–Crippen LogP) is 3.94. The Morgan fingerprint density at radius 3 is 1.93 bits per heavy atom. The highest BCUT2D eigenvalue weighted by Gasteiger charge is 2.23. The maximum Gasteiger partial charge on any atom is 0.241 e. The maximum atomic E-state index is 13.0. The second-order valence-electron chi connectivity index (χ2n) is 6.37. The lowest BCUT2D eigenvalue weighted by molar-refractivity contribution is 0.414. The fourth-order valence-corrected chi connectivity index (χ4v) is 4.03. The number of methoxy groups -OCH3 is 1. The van der Waals surface area contributed by atoms with Crippen molar-refractivity contribution in [2.24, 2.45) is 0 Å². The van der Waals surface area contributed by atoms with Gasteiger partial charge in [-0.25, -0.2) is 8.42 Å². The maximum absolute atomic E-state index is 13.0. The van der Waals surface area contributed by atoms with Gasteiger partial charge in [-0.2, -0.15) is 9.98 Å². The molecule has 0 amide bonds. The second kappa shape index (κ2) is 8.26. The molecule has 5 nitrogen and oxygen atoms in total. The van der Waals surface area contributed by atoms with Gasteiger partial charge in [0.05, 0.1) is 29.7 Å². The number of ether oxygens (including phenoxy) is 1. The molecule has 142 valence electrons. The van der Waals surface area contributed by atoms with Crippen molar-refractivity contribution in [3.63, 3.8) is 0 Å². The van der Waals surface area contributed by atoms with E-state index in [1.807, 2.05) is 19.1 Å². The van der Waals surface area contributed by atoms with Crippen LogP contribution in [0.1, 0.15) is 28.3 Å². The number of hydrogen-bond acceptors (Lipinski definition) is 4. The van der Waals surface area contributed by atoms with Crippen LogP contribution in [0.2, 0.25) is 0 Å². The van der Waals surface area contributed by atoms with Crippen molar-refractivity contribution in [3.8, 4) is 11.8 Å². The molecule has 0 saturated carbocycles. The molecule has 0 heterocycles. The number of sulfonamides is 1. The van der Waals surface area contributed by atoms with Crippen LogP contribution >= 0.6 is 0 Å². The summed E-state index contributed by atoms with van der Waals surface area (Å²) in [6.45, 7) is 1.90. The van der Waals surface area contributed by atoms with E-state index >= 15 is 0 Å². The van der Waals surface area contributed by atoms with E-state index in [1.54, 1.807) is 67.8 Å². The van der Waals surface area contributed by atoms with E-state index in [0.29, 0.717) is 11.3 Å². The van der Waals surface area contributed by atoms with Crippen LogP contribution in [0.25, 0.3) is 0 Å². The van der Waals surface area contributed by atoms with Gasteiger partial charge in [0, 0.05) is 0 Å². The van der Waals surface area contributed by atoms with E-state index in [-0.39, 0.29) is 4.90 Å². The lowest BCUT2D eigenvalue weighted by Crippen LogP contribution is -2.29. The summed E-state index contributed by atoms with van der Waals surface area (Å²) in [5.41, 5.74) is 3.00. The SMILES string of the molecule is COc1ccc(C(NS(=O)(=O)c2ccc(C)cc2)c2ccc(C#N)cc2)cc1. The summed E-state index contributed by atoms with van der Waals surface area (Å²) in [6.07, 6.45) is 0. The molecule has 0 bridgehead atoms. The number of nitriles is 1. The lowest BCUT2D eigenvalue weighted by Gasteiger charge is -2.20. The molecule has 0 radical (unpaired) electrons. The number of nitrogens with zero attached hydrogens (tertiary/aromatic N) is 1. The monoisotopic (exact) mass is 392 g/mol. The van der Waals surface area contributed by atoms with E-state index in [9.17, 15) is 8.42 Å². The second-order valence-corrected chi connectivity index (χ2v) is 8.09. The normalized spacial score (nSPS) is 12.2. The van der Waals surface area contributed by atoms with Crippen LogP contribution in [0, 0.1) is 18.3 Å². The van der Waals surface area contributed by atoms with Gasteiger partial charge in [0.2, 0.25) is 10.0 Å². The first-order valence-electron chi connectivity index (χ1n) is 8.66. The molecule has 0 aliphatic rings. The Bertz CT molecular complexity index is 1080. The summed E-state index contributed by atoms with van der Waals surface area (Å²) in [5.74, 6) is 0.684. The van der Waals surface area contributed by atoms with Gasteiger partial charge < -0.3 is 4.74 Å². The molecule has 1 N–H and O–H groups in total. The average Bonchev–Trinajstić information content (AvgIpc) is 2.72. The summed E-state index contributed by atoms with van der Waals surface area (Å²) in [7, 11) is -2.17. The number of hydrogen-bond donors (Lipinski definition) is 1. The minimum Gasteiger partial charge on any atom is -0.497 e. The Hall–Kier alpha value is -3.14. The Balaban J connectivity index is 2.01. The molecule has 0 aliphatic heterocycles. The first-order valence-corrected chi connectivity index (χ1v) is 10.1. The standard InChI is InChI=1S/C22H20N2O3S/c1-16-3-13-21(14-4-16)28(25,26)24-22(18-7-5-17(15-23)6-8-18)19-9-11-20(27-2)12-10-19/h3-14,22,24H,1-2H3. The summed E-state index contributed by atoms with van der Waals surface area (Å²) in [4.78, 5) is 0.199. The van der Waals surface area contributed by atoms with E-state index in [0.717, 1.165) is 16.7 Å². The lowest BCUT2D eigenvalue weighted by atomic mass is 9.98. The third-order valence-corrected chi connectivity index (χ3v) is 5.87. The van der Waals surface area contributed by atoms with Crippen LogP contribution < -0.4 is 9.46 Å². The van der Waals surface area contributed by atoms with Crippen molar-refractivity contribution in [1.82, 2.24) is 4.72 Å². The van der Waals surface area contributed by atoms with Gasteiger partial charge in [0.25, 0.3) is 0 Å². The number of aryl methyl sites for hydroxylation is 1. The third-order valence-electron chi connectivity index (χ3n) is 4.43. The van der Waals surface area contributed by atoms with Crippen molar-refractivity contribution >= 4 is 10.0 Å². The molecule has 3 aromatic rings. The molecule has 6 heteroatoms. The highest BCUT2D eigenvalue weighted by molar-refractivity contribution is 7.89. The zero-order valence-corrected chi connectivity index (χ0v) is 16.4. The van der Waals surface area contributed by atoms with Gasteiger partial charge in [0.15, 0.2) is 0 Å². The topological polar surface area (TPSA) is 79.2 Å². The molecule has 0 aliphatic carbocycles. The molecule has 1 unspecified atom stereocenters. The van der Waals surface area contributed by atoms with E-state index < -0.39 is 16.1 Å². The Kier molecular flexibility index (Phi) is 5.78. The van der Waals surface area contributed by atoms with Crippen LogP contribution in [0.5, 0.6) is 5.75 Å². The van der Waals surface area contributed by atoms with Crippen LogP contribution in [-0.2, 0) is 10.0 Å². The first kappa shape index (κ1) is 19.6. The molecule has 0 aromatic heterocycles. The largest absolute Gasteiger partial charge is 0.497 e. The third kappa shape index (κ3) is 4.39. The van der Waals surface area contributed by atoms with Gasteiger partial charge in [-0.15, -0.1) is 0 Å². The molecule has 28 heavy (non-hydrogen) atoms. The summed E-state index contributed by atoms with van der Waals surface area (Å²) < 4.78 is 33.9. The van der Waals surface area contributed by atoms with Crippen molar-refractivity contribution in [1.29, 1.82) is 5.26 Å². The fourth-order valence-electron chi connectivity index (χ4n) is 2.82. The zero-order chi connectivity index (χ0) is 20.1. The quantitative estimate of drug-likeness (QED) is 0.689. The van der Waals surface area contributed by atoms with Crippen LogP contribution in [0.15, 0.2) is 77.7 Å².